The standard InChI is InChI=1S/C16H19BClNO3/c1-15(2)16(3,4)22-17(21-15)11-7-10-13(8-12(11)18)20-19-14(10)9-5-6-9/h7-9H,5-6H2,1-4H3. The molecule has 1 aromatic carbocycles. The first-order chi connectivity index (χ1) is 10.3. The van der Waals surface area contributed by atoms with E-state index < -0.39 is 7.12 Å². The van der Waals surface area contributed by atoms with Crippen LogP contribution in [-0.2, 0) is 9.31 Å². The maximum Gasteiger partial charge on any atom is 0.496 e. The second-order valence-electron chi connectivity index (χ2n) is 7.30. The molecule has 0 bridgehead atoms. The van der Waals surface area contributed by atoms with Crippen LogP contribution in [-0.4, -0.2) is 23.5 Å². The van der Waals surface area contributed by atoms with Crippen molar-refractivity contribution >= 4 is 35.2 Å². The van der Waals surface area contributed by atoms with Crippen LogP contribution in [0.15, 0.2) is 16.7 Å². The smallest absolute Gasteiger partial charge is 0.399 e. The lowest BCUT2D eigenvalue weighted by Crippen LogP contribution is -2.41. The summed E-state index contributed by atoms with van der Waals surface area (Å²) in [5, 5.41) is 5.82. The fourth-order valence-corrected chi connectivity index (χ4v) is 3.04. The van der Waals surface area contributed by atoms with Gasteiger partial charge in [-0.15, -0.1) is 0 Å². The molecule has 0 spiro atoms. The highest BCUT2D eigenvalue weighted by Gasteiger charge is 2.52. The molecule has 0 amide bonds. The Hall–Kier alpha value is -1.04. The third kappa shape index (κ3) is 2.10. The zero-order chi connectivity index (χ0) is 15.7. The van der Waals surface area contributed by atoms with Crippen LogP contribution >= 0.6 is 11.6 Å². The Labute approximate surface area is 135 Å². The Morgan fingerprint density at radius 2 is 1.77 bits per heavy atom. The topological polar surface area (TPSA) is 44.5 Å². The average molecular weight is 320 g/mol. The van der Waals surface area contributed by atoms with E-state index in [-0.39, 0.29) is 11.2 Å². The Bertz CT molecular complexity index is 735. The number of hydrogen-bond acceptors (Lipinski definition) is 4. The van der Waals surface area contributed by atoms with Crippen LogP contribution in [0.25, 0.3) is 11.0 Å². The summed E-state index contributed by atoms with van der Waals surface area (Å²) in [5.74, 6) is 0.522. The van der Waals surface area contributed by atoms with Gasteiger partial charge < -0.3 is 13.8 Å². The molecule has 1 saturated carbocycles. The second kappa shape index (κ2) is 4.50. The van der Waals surface area contributed by atoms with Gasteiger partial charge in [0.1, 0.15) is 0 Å². The Kier molecular flexibility index (Phi) is 2.97. The van der Waals surface area contributed by atoms with E-state index in [1.807, 2.05) is 39.8 Å². The van der Waals surface area contributed by atoms with Gasteiger partial charge in [0.25, 0.3) is 0 Å². The number of hydrogen-bond donors (Lipinski definition) is 0. The summed E-state index contributed by atoms with van der Waals surface area (Å²) < 4.78 is 17.6. The van der Waals surface area contributed by atoms with Gasteiger partial charge in [-0.05, 0) is 46.6 Å². The van der Waals surface area contributed by atoms with Crippen molar-refractivity contribution in [1.82, 2.24) is 5.16 Å². The number of fused-ring (bicyclic) bond motifs is 1. The van der Waals surface area contributed by atoms with Crippen molar-refractivity contribution in [3.63, 3.8) is 0 Å². The zero-order valence-corrected chi connectivity index (χ0v) is 14.0. The largest absolute Gasteiger partial charge is 0.496 e. The highest BCUT2D eigenvalue weighted by Crippen LogP contribution is 2.43. The molecule has 2 aromatic rings. The van der Waals surface area contributed by atoms with E-state index in [0.717, 1.165) is 22.1 Å². The van der Waals surface area contributed by atoms with Gasteiger partial charge in [0, 0.05) is 27.9 Å². The number of aromatic nitrogens is 1. The van der Waals surface area contributed by atoms with E-state index in [1.165, 1.54) is 12.8 Å². The molecule has 4 rings (SSSR count). The van der Waals surface area contributed by atoms with Crippen LogP contribution < -0.4 is 5.46 Å². The van der Waals surface area contributed by atoms with E-state index in [2.05, 4.69) is 5.16 Å². The van der Waals surface area contributed by atoms with Crippen molar-refractivity contribution < 1.29 is 13.8 Å². The minimum absolute atomic E-state index is 0.385. The lowest BCUT2D eigenvalue weighted by molar-refractivity contribution is 0.00578. The Morgan fingerprint density at radius 1 is 1.14 bits per heavy atom. The summed E-state index contributed by atoms with van der Waals surface area (Å²) >= 11 is 6.43. The van der Waals surface area contributed by atoms with Gasteiger partial charge in [-0.3, -0.25) is 0 Å². The van der Waals surface area contributed by atoms with Crippen molar-refractivity contribution in [3.05, 3.63) is 22.8 Å². The first kappa shape index (κ1) is 14.6. The van der Waals surface area contributed by atoms with E-state index in [9.17, 15) is 0 Å². The molecular weight excluding hydrogens is 300 g/mol. The summed E-state index contributed by atoms with van der Waals surface area (Å²) in [4.78, 5) is 0. The summed E-state index contributed by atoms with van der Waals surface area (Å²) in [7, 11) is -0.469. The molecule has 1 aliphatic heterocycles. The zero-order valence-electron chi connectivity index (χ0n) is 13.3. The summed E-state index contributed by atoms with van der Waals surface area (Å²) in [6.07, 6.45) is 2.35. The molecule has 6 heteroatoms. The van der Waals surface area contributed by atoms with Gasteiger partial charge in [0.2, 0.25) is 0 Å². The van der Waals surface area contributed by atoms with Crippen molar-refractivity contribution in [3.8, 4) is 0 Å². The molecule has 2 fully saturated rings. The molecule has 1 saturated heterocycles. The molecule has 1 aromatic heterocycles. The van der Waals surface area contributed by atoms with Crippen molar-refractivity contribution in [1.29, 1.82) is 0 Å². The lowest BCUT2D eigenvalue weighted by atomic mass is 9.78. The van der Waals surface area contributed by atoms with Crippen LogP contribution in [0.3, 0.4) is 0 Å². The molecule has 0 unspecified atom stereocenters. The first-order valence-corrected chi connectivity index (χ1v) is 8.11. The molecule has 2 heterocycles. The van der Waals surface area contributed by atoms with Crippen molar-refractivity contribution in [2.45, 2.75) is 57.7 Å². The number of benzene rings is 1. The number of nitrogens with zero attached hydrogens (tertiary/aromatic N) is 1. The lowest BCUT2D eigenvalue weighted by Gasteiger charge is -2.32. The summed E-state index contributed by atoms with van der Waals surface area (Å²) in [6, 6.07) is 3.83. The maximum absolute atomic E-state index is 6.43. The van der Waals surface area contributed by atoms with Crippen molar-refractivity contribution in [2.75, 3.05) is 0 Å². The van der Waals surface area contributed by atoms with Crippen molar-refractivity contribution in [2.24, 2.45) is 0 Å². The maximum atomic E-state index is 6.43. The average Bonchev–Trinajstić information content (AvgIpc) is 3.12. The number of rotatable bonds is 2. The van der Waals surface area contributed by atoms with Crippen LogP contribution in [0.5, 0.6) is 0 Å². The number of halogens is 1. The second-order valence-corrected chi connectivity index (χ2v) is 7.71. The summed E-state index contributed by atoms with van der Waals surface area (Å²) in [6.45, 7) is 8.14. The highest BCUT2D eigenvalue weighted by molar-refractivity contribution is 6.66. The van der Waals surface area contributed by atoms with E-state index in [0.29, 0.717) is 10.9 Å². The Morgan fingerprint density at radius 3 is 2.36 bits per heavy atom. The van der Waals surface area contributed by atoms with Gasteiger partial charge >= 0.3 is 7.12 Å². The molecule has 2 aliphatic rings. The molecule has 116 valence electrons. The van der Waals surface area contributed by atoms with E-state index >= 15 is 0 Å². The SMILES string of the molecule is CC1(C)OB(c2cc3c(C4CC4)noc3cc2Cl)OC1(C)C. The summed E-state index contributed by atoms with van der Waals surface area (Å²) in [5.41, 5.74) is 1.84. The van der Waals surface area contributed by atoms with Gasteiger partial charge in [0.15, 0.2) is 5.58 Å². The van der Waals surface area contributed by atoms with Gasteiger partial charge in [-0.25, -0.2) is 0 Å². The minimum atomic E-state index is -0.469. The molecule has 1 aliphatic carbocycles. The van der Waals surface area contributed by atoms with Gasteiger partial charge in [-0.2, -0.15) is 0 Å². The third-order valence-electron chi connectivity index (χ3n) is 5.09. The predicted octanol–water partition coefficient (Wildman–Crippen LogP) is 3.66. The molecule has 22 heavy (non-hydrogen) atoms. The fraction of sp³-hybridized carbons (Fsp3) is 0.562. The van der Waals surface area contributed by atoms with E-state index in [1.54, 1.807) is 0 Å². The van der Waals surface area contributed by atoms with Crippen LogP contribution in [0.2, 0.25) is 5.02 Å². The van der Waals surface area contributed by atoms with Gasteiger partial charge in [-0.1, -0.05) is 16.8 Å². The monoisotopic (exact) mass is 319 g/mol. The van der Waals surface area contributed by atoms with Gasteiger partial charge in [0.05, 0.1) is 16.9 Å². The molecule has 0 atom stereocenters. The van der Waals surface area contributed by atoms with Crippen LogP contribution in [0.1, 0.15) is 52.1 Å². The molecule has 0 N–H and O–H groups in total. The third-order valence-corrected chi connectivity index (χ3v) is 5.42. The predicted molar refractivity (Wildman–Crippen MR) is 86.7 cm³/mol. The molecule has 4 nitrogen and oxygen atoms in total. The highest BCUT2D eigenvalue weighted by atomic mass is 35.5. The Balaban J connectivity index is 1.78. The molecule has 0 radical (unpaired) electrons. The van der Waals surface area contributed by atoms with Crippen LogP contribution in [0, 0.1) is 0 Å². The quantitative estimate of drug-likeness (QED) is 0.792. The molecular formula is C16H19BClNO3. The first-order valence-electron chi connectivity index (χ1n) is 7.73. The van der Waals surface area contributed by atoms with E-state index in [4.69, 9.17) is 25.4 Å². The normalized spacial score (nSPS) is 23.4. The van der Waals surface area contributed by atoms with Crippen LogP contribution in [0.4, 0.5) is 0 Å². The minimum Gasteiger partial charge on any atom is -0.399 e. The fourth-order valence-electron chi connectivity index (χ4n) is 2.80.